The molecule has 0 saturated carbocycles. The van der Waals surface area contributed by atoms with Crippen molar-refractivity contribution in [2.45, 2.75) is 6.92 Å². The molecule has 8 heteroatoms. The van der Waals surface area contributed by atoms with Crippen LogP contribution < -0.4 is 14.8 Å². The molecular formula is C18H17Br2NO5. The first-order valence-corrected chi connectivity index (χ1v) is 9.09. The van der Waals surface area contributed by atoms with E-state index in [4.69, 9.17) is 9.47 Å². The van der Waals surface area contributed by atoms with Crippen LogP contribution in [-0.4, -0.2) is 32.7 Å². The number of ether oxygens (including phenoxy) is 3. The molecule has 2 aromatic rings. The Kier molecular flexibility index (Phi) is 7.05. The first-order chi connectivity index (χ1) is 12.3. The molecule has 1 N–H and O–H groups in total. The number of hydrogen-bond donors (Lipinski definition) is 1. The smallest absolute Gasteiger partial charge is 0.337 e. The number of esters is 1. The van der Waals surface area contributed by atoms with Crippen LogP contribution >= 0.6 is 31.9 Å². The molecule has 6 nitrogen and oxygen atoms in total. The molecule has 0 unspecified atom stereocenters. The van der Waals surface area contributed by atoms with Crippen LogP contribution in [0.15, 0.2) is 39.3 Å². The second-order valence-corrected chi connectivity index (χ2v) is 7.01. The number of benzene rings is 2. The van der Waals surface area contributed by atoms with E-state index in [0.717, 1.165) is 14.5 Å². The van der Waals surface area contributed by atoms with E-state index in [1.165, 1.54) is 26.4 Å². The maximum absolute atomic E-state index is 12.2. The monoisotopic (exact) mass is 485 g/mol. The van der Waals surface area contributed by atoms with Gasteiger partial charge in [0.25, 0.3) is 5.91 Å². The molecule has 0 spiro atoms. The summed E-state index contributed by atoms with van der Waals surface area (Å²) in [6, 6.07) is 8.38. The zero-order valence-electron chi connectivity index (χ0n) is 14.4. The lowest BCUT2D eigenvalue weighted by Crippen LogP contribution is -2.21. The third-order valence-corrected chi connectivity index (χ3v) is 4.65. The van der Waals surface area contributed by atoms with Gasteiger partial charge in [0, 0.05) is 8.95 Å². The molecule has 0 aromatic heterocycles. The number of methoxy groups -OCH3 is 2. The fourth-order valence-electron chi connectivity index (χ4n) is 2.17. The minimum atomic E-state index is -0.485. The summed E-state index contributed by atoms with van der Waals surface area (Å²) >= 11 is 6.85. The number of nitrogens with one attached hydrogen (secondary N) is 1. The molecule has 0 aliphatic heterocycles. The van der Waals surface area contributed by atoms with Crippen molar-refractivity contribution in [3.8, 4) is 11.5 Å². The summed E-state index contributed by atoms with van der Waals surface area (Å²) in [7, 11) is 2.74. The average Bonchev–Trinajstić information content (AvgIpc) is 2.62. The third kappa shape index (κ3) is 4.98. The Morgan fingerprint density at radius 1 is 1.04 bits per heavy atom. The summed E-state index contributed by atoms with van der Waals surface area (Å²) in [4.78, 5) is 23.8. The maximum atomic E-state index is 12.2. The Bertz CT molecular complexity index is 815. The van der Waals surface area contributed by atoms with Gasteiger partial charge in [0.05, 0.1) is 25.5 Å². The average molecular weight is 487 g/mol. The SMILES string of the molecule is COC(=O)c1ccc(OCC(=O)Nc2c(Br)cc(C)cc2Br)c(OC)c1. The number of carbonyl (C=O) groups is 2. The first kappa shape index (κ1) is 20.3. The largest absolute Gasteiger partial charge is 0.493 e. The normalized spacial score (nSPS) is 10.2. The van der Waals surface area contributed by atoms with Crippen molar-refractivity contribution in [2.24, 2.45) is 0 Å². The lowest BCUT2D eigenvalue weighted by atomic mass is 10.2. The number of anilines is 1. The molecule has 26 heavy (non-hydrogen) atoms. The quantitative estimate of drug-likeness (QED) is 0.615. The number of halogens is 2. The van der Waals surface area contributed by atoms with Gasteiger partial charge in [-0.3, -0.25) is 4.79 Å². The molecule has 1 amide bonds. The third-order valence-electron chi connectivity index (χ3n) is 3.39. The van der Waals surface area contributed by atoms with E-state index in [1.54, 1.807) is 6.07 Å². The number of hydrogen-bond acceptors (Lipinski definition) is 5. The highest BCUT2D eigenvalue weighted by Crippen LogP contribution is 2.32. The second kappa shape index (κ2) is 9.05. The minimum absolute atomic E-state index is 0.222. The summed E-state index contributed by atoms with van der Waals surface area (Å²) in [5.41, 5.74) is 2.00. The number of carbonyl (C=O) groups excluding carboxylic acids is 2. The van der Waals surface area contributed by atoms with Crippen molar-refractivity contribution in [1.82, 2.24) is 0 Å². The van der Waals surface area contributed by atoms with Gasteiger partial charge in [-0.25, -0.2) is 4.79 Å². The molecule has 2 rings (SSSR count). The summed E-state index contributed by atoms with van der Waals surface area (Å²) < 4.78 is 16.9. The Morgan fingerprint density at radius 3 is 2.27 bits per heavy atom. The van der Waals surface area contributed by atoms with E-state index in [2.05, 4.69) is 41.9 Å². The van der Waals surface area contributed by atoms with Crippen LogP contribution in [0.3, 0.4) is 0 Å². The van der Waals surface area contributed by atoms with Crippen LogP contribution in [0.25, 0.3) is 0 Å². The van der Waals surface area contributed by atoms with Crippen molar-refractivity contribution < 1.29 is 23.8 Å². The van der Waals surface area contributed by atoms with E-state index in [0.29, 0.717) is 22.7 Å². The van der Waals surface area contributed by atoms with Gasteiger partial charge in [-0.2, -0.15) is 0 Å². The minimum Gasteiger partial charge on any atom is -0.493 e. The van der Waals surface area contributed by atoms with Crippen LogP contribution in [0.2, 0.25) is 0 Å². The highest BCUT2D eigenvalue weighted by molar-refractivity contribution is 9.11. The van der Waals surface area contributed by atoms with Gasteiger partial charge in [0.2, 0.25) is 0 Å². The molecule has 0 heterocycles. The first-order valence-electron chi connectivity index (χ1n) is 7.50. The molecule has 138 valence electrons. The van der Waals surface area contributed by atoms with Crippen molar-refractivity contribution in [3.63, 3.8) is 0 Å². The summed E-state index contributed by atoms with van der Waals surface area (Å²) in [6.07, 6.45) is 0. The summed E-state index contributed by atoms with van der Waals surface area (Å²) in [5.74, 6) is -0.147. The Balaban J connectivity index is 2.07. The van der Waals surface area contributed by atoms with Crippen molar-refractivity contribution in [2.75, 3.05) is 26.1 Å². The summed E-state index contributed by atoms with van der Waals surface area (Å²) in [5, 5.41) is 2.78. The highest BCUT2D eigenvalue weighted by atomic mass is 79.9. The van der Waals surface area contributed by atoms with E-state index in [9.17, 15) is 9.59 Å². The predicted molar refractivity (Wildman–Crippen MR) is 105 cm³/mol. The van der Waals surface area contributed by atoms with Gasteiger partial charge in [-0.15, -0.1) is 0 Å². The van der Waals surface area contributed by atoms with E-state index >= 15 is 0 Å². The lowest BCUT2D eigenvalue weighted by Gasteiger charge is -2.13. The second-order valence-electron chi connectivity index (χ2n) is 5.30. The molecule has 0 bridgehead atoms. The molecule has 2 aromatic carbocycles. The van der Waals surface area contributed by atoms with E-state index in [-0.39, 0.29) is 12.5 Å². The molecule has 0 saturated heterocycles. The highest BCUT2D eigenvalue weighted by Gasteiger charge is 2.14. The summed E-state index contributed by atoms with van der Waals surface area (Å²) in [6.45, 7) is 1.73. The molecule has 0 aliphatic carbocycles. The molecule has 0 aliphatic rings. The number of rotatable bonds is 6. The van der Waals surface area contributed by atoms with Gasteiger partial charge in [0.15, 0.2) is 18.1 Å². The topological polar surface area (TPSA) is 73.9 Å². The molecular weight excluding hydrogens is 470 g/mol. The van der Waals surface area contributed by atoms with E-state index in [1.807, 2.05) is 19.1 Å². The molecule has 0 fully saturated rings. The molecule has 0 atom stereocenters. The molecule has 0 radical (unpaired) electrons. The van der Waals surface area contributed by atoms with Gasteiger partial charge in [-0.05, 0) is 74.7 Å². The van der Waals surface area contributed by atoms with Crippen LogP contribution in [0.5, 0.6) is 11.5 Å². The van der Waals surface area contributed by atoms with Crippen LogP contribution in [0.1, 0.15) is 15.9 Å². The number of aryl methyl sites for hydroxylation is 1. The fraction of sp³-hybridized carbons (Fsp3) is 0.222. The van der Waals surface area contributed by atoms with Gasteiger partial charge in [-0.1, -0.05) is 0 Å². The van der Waals surface area contributed by atoms with Crippen LogP contribution in [0, 0.1) is 6.92 Å². The van der Waals surface area contributed by atoms with Crippen LogP contribution in [0.4, 0.5) is 5.69 Å². The van der Waals surface area contributed by atoms with Crippen LogP contribution in [-0.2, 0) is 9.53 Å². The van der Waals surface area contributed by atoms with Crippen molar-refractivity contribution in [1.29, 1.82) is 0 Å². The van der Waals surface area contributed by atoms with Gasteiger partial charge < -0.3 is 19.5 Å². The van der Waals surface area contributed by atoms with Crippen molar-refractivity contribution >= 4 is 49.4 Å². The Morgan fingerprint density at radius 2 is 1.69 bits per heavy atom. The predicted octanol–water partition coefficient (Wildman–Crippen LogP) is 4.33. The van der Waals surface area contributed by atoms with E-state index < -0.39 is 5.97 Å². The number of amides is 1. The lowest BCUT2D eigenvalue weighted by molar-refractivity contribution is -0.118. The standard InChI is InChI=1S/C18H17Br2NO5/c1-10-6-12(19)17(13(20)7-10)21-16(22)9-26-14-5-4-11(18(23)25-3)8-15(14)24-2/h4-8H,9H2,1-3H3,(H,21,22). The van der Waals surface area contributed by atoms with Gasteiger partial charge >= 0.3 is 5.97 Å². The van der Waals surface area contributed by atoms with Crippen molar-refractivity contribution in [3.05, 3.63) is 50.4 Å². The zero-order valence-corrected chi connectivity index (χ0v) is 17.6. The van der Waals surface area contributed by atoms with Gasteiger partial charge in [0.1, 0.15) is 0 Å². The Hall–Kier alpha value is -2.06. The fourth-order valence-corrected chi connectivity index (χ4v) is 3.78. The zero-order chi connectivity index (χ0) is 19.3. The maximum Gasteiger partial charge on any atom is 0.337 e. The Labute approximate surface area is 168 Å².